The van der Waals surface area contributed by atoms with Crippen LogP contribution in [-0.2, 0) is 4.79 Å². The number of urea groups is 1. The molecule has 2 aliphatic rings. The predicted molar refractivity (Wildman–Crippen MR) is 99.7 cm³/mol. The van der Waals surface area contributed by atoms with E-state index in [1.54, 1.807) is 28.9 Å². The van der Waals surface area contributed by atoms with E-state index in [9.17, 15) is 14.0 Å². The third-order valence-corrected chi connectivity index (χ3v) is 4.57. The number of amides is 3. The maximum absolute atomic E-state index is 13.7. The van der Waals surface area contributed by atoms with Gasteiger partial charge in [0.2, 0.25) is 0 Å². The lowest BCUT2D eigenvalue weighted by Crippen LogP contribution is -2.22. The van der Waals surface area contributed by atoms with E-state index in [-0.39, 0.29) is 11.5 Å². The molecule has 0 atom stereocenters. The highest BCUT2D eigenvalue weighted by Crippen LogP contribution is 2.29. The molecule has 1 aromatic carbocycles. The largest absolute Gasteiger partial charge is 0.364 e. The molecule has 9 heteroatoms. The molecule has 3 N–H and O–H groups in total. The minimum absolute atomic E-state index is 0.132. The molecular formula is C19H15FN6O2. The topological polar surface area (TPSA) is 100 Å². The Morgan fingerprint density at radius 2 is 2.11 bits per heavy atom. The number of halogens is 1. The first kappa shape index (κ1) is 16.4. The van der Waals surface area contributed by atoms with Gasteiger partial charge in [-0.3, -0.25) is 14.5 Å². The first-order valence-corrected chi connectivity index (χ1v) is 8.81. The van der Waals surface area contributed by atoms with Crippen LogP contribution in [0, 0.1) is 5.82 Å². The Kier molecular flexibility index (Phi) is 3.61. The summed E-state index contributed by atoms with van der Waals surface area (Å²) in [5.41, 5.74) is 2.49. The molecule has 28 heavy (non-hydrogen) atoms. The molecule has 0 spiro atoms. The Labute approximate surface area is 158 Å². The summed E-state index contributed by atoms with van der Waals surface area (Å²) in [5, 5.41) is 7.97. The molecule has 5 rings (SSSR count). The van der Waals surface area contributed by atoms with Gasteiger partial charge in [0.05, 0.1) is 17.6 Å². The Bertz CT molecular complexity index is 1160. The van der Waals surface area contributed by atoms with Gasteiger partial charge in [-0.25, -0.2) is 19.2 Å². The number of carbonyl (C=O) groups excluding carboxylic acids is 2. The summed E-state index contributed by atoms with van der Waals surface area (Å²) in [7, 11) is 0. The summed E-state index contributed by atoms with van der Waals surface area (Å²) in [5.74, 6) is -0.265. The number of fused-ring (bicyclic) bond motifs is 1. The number of imide groups is 1. The third kappa shape index (κ3) is 2.96. The molecule has 2 fully saturated rings. The van der Waals surface area contributed by atoms with Gasteiger partial charge in [0, 0.05) is 17.8 Å². The van der Waals surface area contributed by atoms with Crippen LogP contribution >= 0.6 is 0 Å². The van der Waals surface area contributed by atoms with E-state index in [4.69, 9.17) is 0 Å². The second-order valence-corrected chi connectivity index (χ2v) is 6.75. The molecule has 1 aliphatic carbocycles. The zero-order chi connectivity index (χ0) is 19.3. The van der Waals surface area contributed by atoms with Crippen LogP contribution < -0.4 is 16.0 Å². The smallest absolute Gasteiger partial charge is 0.326 e. The fourth-order valence-corrected chi connectivity index (χ4v) is 3.05. The van der Waals surface area contributed by atoms with Crippen molar-refractivity contribution >= 4 is 29.5 Å². The van der Waals surface area contributed by atoms with Crippen LogP contribution in [0.5, 0.6) is 0 Å². The second-order valence-electron chi connectivity index (χ2n) is 6.75. The minimum Gasteiger partial charge on any atom is -0.364 e. The lowest BCUT2D eigenvalue weighted by molar-refractivity contribution is -0.115. The zero-order valence-electron chi connectivity index (χ0n) is 14.6. The first-order valence-electron chi connectivity index (χ1n) is 8.81. The van der Waals surface area contributed by atoms with Gasteiger partial charge < -0.3 is 10.6 Å². The molecule has 1 saturated carbocycles. The molecule has 3 aromatic rings. The van der Waals surface area contributed by atoms with Crippen LogP contribution in [0.1, 0.15) is 18.5 Å². The van der Waals surface area contributed by atoms with Crippen LogP contribution in [-0.4, -0.2) is 32.3 Å². The van der Waals surface area contributed by atoms with Crippen molar-refractivity contribution < 1.29 is 14.0 Å². The molecule has 3 heterocycles. The van der Waals surface area contributed by atoms with Crippen molar-refractivity contribution in [1.82, 2.24) is 25.0 Å². The molecule has 8 nitrogen and oxygen atoms in total. The number of hydrogen-bond acceptors (Lipinski definition) is 5. The minimum atomic E-state index is -0.566. The maximum atomic E-state index is 13.7. The van der Waals surface area contributed by atoms with Crippen LogP contribution in [0.25, 0.3) is 23.0 Å². The van der Waals surface area contributed by atoms with Crippen molar-refractivity contribution in [2.24, 2.45) is 0 Å². The number of aromatic nitrogens is 3. The normalized spacial score (nSPS) is 17.8. The quantitative estimate of drug-likeness (QED) is 0.478. The number of nitrogens with one attached hydrogen (secondary N) is 3. The molecule has 0 bridgehead atoms. The van der Waals surface area contributed by atoms with E-state index < -0.39 is 11.9 Å². The molecule has 140 valence electrons. The highest BCUT2D eigenvalue weighted by molar-refractivity contribution is 6.13. The SMILES string of the molecule is O=C1NC(=O)/C(=C\c2cnc3c(NC4CC4)nc(-c4cccc(F)c4)cn23)N1. The van der Waals surface area contributed by atoms with Crippen LogP contribution in [0.3, 0.4) is 0 Å². The van der Waals surface area contributed by atoms with Gasteiger partial charge in [-0.2, -0.15) is 0 Å². The summed E-state index contributed by atoms with van der Waals surface area (Å²) in [6.45, 7) is 0. The van der Waals surface area contributed by atoms with Gasteiger partial charge in [-0.1, -0.05) is 12.1 Å². The van der Waals surface area contributed by atoms with E-state index in [1.807, 2.05) is 0 Å². The van der Waals surface area contributed by atoms with Crippen molar-refractivity contribution in [2.75, 3.05) is 5.32 Å². The molecule has 0 radical (unpaired) electrons. The standard InChI is InChI=1S/C19H15FN6O2/c20-11-3-1-2-10(6-11)15-9-26-13(7-14-18(27)25-19(28)24-14)8-21-17(26)16(23-15)22-12-4-5-12/h1-3,6-9,12H,4-5H2,(H,22,23)(H2,24,25,27,28)/b14-7+. The van der Waals surface area contributed by atoms with Crippen LogP contribution in [0.15, 0.2) is 42.4 Å². The van der Waals surface area contributed by atoms with Gasteiger partial charge in [-0.15, -0.1) is 0 Å². The van der Waals surface area contributed by atoms with Crippen molar-refractivity contribution in [3.63, 3.8) is 0 Å². The highest BCUT2D eigenvalue weighted by Gasteiger charge is 2.25. The maximum Gasteiger partial charge on any atom is 0.326 e. The van der Waals surface area contributed by atoms with E-state index in [1.165, 1.54) is 18.2 Å². The fourth-order valence-electron chi connectivity index (χ4n) is 3.05. The summed E-state index contributed by atoms with van der Waals surface area (Å²) in [6.07, 6.45) is 6.98. The predicted octanol–water partition coefficient (Wildman–Crippen LogP) is 2.29. The molecular weight excluding hydrogens is 363 g/mol. The van der Waals surface area contributed by atoms with E-state index in [0.29, 0.717) is 34.5 Å². The van der Waals surface area contributed by atoms with Crippen molar-refractivity contribution in [2.45, 2.75) is 18.9 Å². The van der Waals surface area contributed by atoms with Gasteiger partial charge in [-0.05, 0) is 31.1 Å². The Balaban J connectivity index is 1.66. The van der Waals surface area contributed by atoms with Crippen molar-refractivity contribution in [3.05, 3.63) is 53.9 Å². The Hall–Kier alpha value is -3.75. The van der Waals surface area contributed by atoms with Gasteiger partial charge in [0.15, 0.2) is 11.5 Å². The summed E-state index contributed by atoms with van der Waals surface area (Å²) in [4.78, 5) is 32.2. The van der Waals surface area contributed by atoms with E-state index >= 15 is 0 Å². The fraction of sp³-hybridized carbons (Fsp3) is 0.158. The number of nitrogens with zero attached hydrogens (tertiary/aromatic N) is 3. The number of carbonyl (C=O) groups is 2. The second kappa shape index (κ2) is 6.15. The number of imidazole rings is 1. The molecule has 3 amide bonds. The summed E-state index contributed by atoms with van der Waals surface area (Å²) >= 11 is 0. The highest BCUT2D eigenvalue weighted by atomic mass is 19.1. The van der Waals surface area contributed by atoms with Gasteiger partial charge >= 0.3 is 6.03 Å². The Morgan fingerprint density at radius 3 is 2.82 bits per heavy atom. The summed E-state index contributed by atoms with van der Waals surface area (Å²) < 4.78 is 15.5. The van der Waals surface area contributed by atoms with Crippen molar-refractivity contribution in [1.29, 1.82) is 0 Å². The summed E-state index contributed by atoms with van der Waals surface area (Å²) in [6, 6.07) is 5.97. The Morgan fingerprint density at radius 1 is 1.25 bits per heavy atom. The van der Waals surface area contributed by atoms with E-state index in [2.05, 4.69) is 25.9 Å². The molecule has 1 saturated heterocycles. The van der Waals surface area contributed by atoms with Crippen LogP contribution in [0.2, 0.25) is 0 Å². The van der Waals surface area contributed by atoms with Crippen molar-refractivity contribution in [3.8, 4) is 11.3 Å². The number of hydrogen-bond donors (Lipinski definition) is 3. The molecule has 1 aliphatic heterocycles. The third-order valence-electron chi connectivity index (χ3n) is 4.57. The average Bonchev–Trinajstić information content (AvgIpc) is 3.30. The monoisotopic (exact) mass is 378 g/mol. The number of benzene rings is 1. The number of rotatable bonds is 4. The zero-order valence-corrected chi connectivity index (χ0v) is 14.6. The lowest BCUT2D eigenvalue weighted by Gasteiger charge is -2.10. The number of anilines is 1. The lowest BCUT2D eigenvalue weighted by atomic mass is 10.1. The first-order chi connectivity index (χ1) is 13.6. The van der Waals surface area contributed by atoms with Gasteiger partial charge in [0.1, 0.15) is 11.5 Å². The van der Waals surface area contributed by atoms with Crippen LogP contribution in [0.4, 0.5) is 15.0 Å². The molecule has 2 aromatic heterocycles. The van der Waals surface area contributed by atoms with E-state index in [0.717, 1.165) is 12.8 Å². The molecule has 0 unspecified atom stereocenters. The average molecular weight is 378 g/mol. The van der Waals surface area contributed by atoms with Gasteiger partial charge in [0.25, 0.3) is 5.91 Å².